The van der Waals surface area contributed by atoms with Crippen LogP contribution in [0.15, 0.2) is 18.2 Å². The fraction of sp³-hybridized carbons (Fsp3) is 0.667. The van der Waals surface area contributed by atoms with E-state index in [1.165, 1.54) is 36.8 Å². The Labute approximate surface area is 121 Å². The van der Waals surface area contributed by atoms with Crippen LogP contribution in [0.2, 0.25) is 0 Å². The number of fused-ring (bicyclic) bond motifs is 2. The van der Waals surface area contributed by atoms with Crippen LogP contribution in [0.25, 0.3) is 0 Å². The zero-order valence-corrected chi connectivity index (χ0v) is 12.4. The first-order chi connectivity index (χ1) is 9.88. The molecule has 0 aromatic heterocycles. The normalized spacial score (nSPS) is 31.6. The second-order valence-corrected chi connectivity index (χ2v) is 6.73. The van der Waals surface area contributed by atoms with Gasteiger partial charge in [-0.1, -0.05) is 25.5 Å². The molecule has 2 aliphatic carbocycles. The summed E-state index contributed by atoms with van der Waals surface area (Å²) < 4.78 is 5.64. The summed E-state index contributed by atoms with van der Waals surface area (Å²) in [5.74, 6) is 4.03. The van der Waals surface area contributed by atoms with Crippen molar-refractivity contribution in [1.29, 1.82) is 0 Å². The van der Waals surface area contributed by atoms with E-state index in [-0.39, 0.29) is 0 Å². The van der Waals surface area contributed by atoms with Gasteiger partial charge in [-0.2, -0.15) is 0 Å². The van der Waals surface area contributed by atoms with Crippen LogP contribution >= 0.6 is 0 Å². The first-order valence-electron chi connectivity index (χ1n) is 8.37. The molecule has 3 unspecified atom stereocenters. The molecule has 0 amide bonds. The van der Waals surface area contributed by atoms with Crippen LogP contribution in [-0.2, 0) is 6.42 Å². The van der Waals surface area contributed by atoms with Crippen LogP contribution in [-0.4, -0.2) is 13.2 Å². The van der Waals surface area contributed by atoms with Gasteiger partial charge in [-0.15, -0.1) is 0 Å². The van der Waals surface area contributed by atoms with Crippen molar-refractivity contribution in [1.82, 2.24) is 5.32 Å². The predicted octanol–water partition coefficient (Wildman–Crippen LogP) is 3.71. The Kier molecular flexibility index (Phi) is 3.22. The maximum atomic E-state index is 5.64. The second-order valence-electron chi connectivity index (χ2n) is 6.73. The molecular formula is C18H25NO. The van der Waals surface area contributed by atoms with Gasteiger partial charge in [0, 0.05) is 12.5 Å². The molecule has 1 aromatic carbocycles. The van der Waals surface area contributed by atoms with E-state index in [1.807, 2.05) is 0 Å². The molecule has 0 radical (unpaired) electrons. The average molecular weight is 271 g/mol. The molecule has 20 heavy (non-hydrogen) atoms. The fourth-order valence-corrected chi connectivity index (χ4v) is 4.55. The summed E-state index contributed by atoms with van der Waals surface area (Å²) in [6.07, 6.45) is 6.69. The Morgan fingerprint density at radius 3 is 2.95 bits per heavy atom. The summed E-state index contributed by atoms with van der Waals surface area (Å²) in [6.45, 7) is 4.25. The fourth-order valence-electron chi connectivity index (χ4n) is 4.55. The van der Waals surface area contributed by atoms with Gasteiger partial charge in [-0.05, 0) is 60.8 Å². The SMILES string of the molecule is CCCNC(c1ccc2c(c1)CCO2)C1C2CCCC21. The Bertz CT molecular complexity index is 488. The highest BCUT2D eigenvalue weighted by molar-refractivity contribution is 5.41. The third-order valence-electron chi connectivity index (χ3n) is 5.54. The molecule has 2 saturated carbocycles. The molecule has 1 N–H and O–H groups in total. The van der Waals surface area contributed by atoms with Gasteiger partial charge < -0.3 is 10.1 Å². The van der Waals surface area contributed by atoms with Crippen molar-refractivity contribution in [3.8, 4) is 5.75 Å². The van der Waals surface area contributed by atoms with Crippen molar-refractivity contribution < 1.29 is 4.74 Å². The summed E-state index contributed by atoms with van der Waals surface area (Å²) in [7, 11) is 0. The minimum atomic E-state index is 0.580. The van der Waals surface area contributed by atoms with Gasteiger partial charge in [0.05, 0.1) is 6.61 Å². The topological polar surface area (TPSA) is 21.3 Å². The molecule has 3 atom stereocenters. The number of hydrogen-bond donors (Lipinski definition) is 1. The molecule has 108 valence electrons. The molecule has 0 spiro atoms. The average Bonchev–Trinajstić information content (AvgIpc) is 2.89. The molecule has 1 aliphatic heterocycles. The van der Waals surface area contributed by atoms with E-state index in [0.29, 0.717) is 6.04 Å². The molecule has 3 aliphatic rings. The highest BCUT2D eigenvalue weighted by Gasteiger charge is 2.55. The third-order valence-corrected chi connectivity index (χ3v) is 5.54. The molecule has 4 rings (SSSR count). The molecule has 1 aromatic rings. The number of ether oxygens (including phenoxy) is 1. The van der Waals surface area contributed by atoms with E-state index in [1.54, 1.807) is 0 Å². The Morgan fingerprint density at radius 1 is 1.30 bits per heavy atom. The zero-order chi connectivity index (χ0) is 13.5. The van der Waals surface area contributed by atoms with E-state index in [2.05, 4.69) is 30.4 Å². The summed E-state index contributed by atoms with van der Waals surface area (Å²) >= 11 is 0. The van der Waals surface area contributed by atoms with Crippen molar-refractivity contribution in [3.05, 3.63) is 29.3 Å². The molecule has 2 nitrogen and oxygen atoms in total. The lowest BCUT2D eigenvalue weighted by molar-refractivity contribution is 0.356. The van der Waals surface area contributed by atoms with Crippen molar-refractivity contribution in [2.24, 2.45) is 17.8 Å². The van der Waals surface area contributed by atoms with Crippen LogP contribution in [0.4, 0.5) is 0 Å². The highest BCUT2D eigenvalue weighted by atomic mass is 16.5. The van der Waals surface area contributed by atoms with E-state index in [4.69, 9.17) is 4.74 Å². The number of rotatable bonds is 5. The van der Waals surface area contributed by atoms with Gasteiger partial charge in [0.2, 0.25) is 0 Å². The van der Waals surface area contributed by atoms with Crippen molar-refractivity contribution >= 4 is 0 Å². The lowest BCUT2D eigenvalue weighted by atomic mass is 9.95. The number of benzene rings is 1. The largest absolute Gasteiger partial charge is 0.493 e. The molecule has 0 bridgehead atoms. The molecular weight excluding hydrogens is 246 g/mol. The van der Waals surface area contributed by atoms with Gasteiger partial charge in [-0.25, -0.2) is 0 Å². The minimum Gasteiger partial charge on any atom is -0.493 e. The Hall–Kier alpha value is -1.02. The van der Waals surface area contributed by atoms with E-state index < -0.39 is 0 Å². The van der Waals surface area contributed by atoms with Crippen LogP contribution in [0, 0.1) is 17.8 Å². The Balaban J connectivity index is 1.57. The van der Waals surface area contributed by atoms with Gasteiger partial charge in [0.15, 0.2) is 0 Å². The third kappa shape index (κ3) is 2.05. The predicted molar refractivity (Wildman–Crippen MR) is 81.0 cm³/mol. The van der Waals surface area contributed by atoms with Gasteiger partial charge in [0.1, 0.15) is 5.75 Å². The zero-order valence-electron chi connectivity index (χ0n) is 12.4. The standard InChI is InChI=1S/C18H25NO/c1-2-9-19-18(17-14-4-3-5-15(14)17)13-6-7-16-12(11-13)8-10-20-16/h6-7,11,14-15,17-19H,2-5,8-10H2,1H3. The summed E-state index contributed by atoms with van der Waals surface area (Å²) in [4.78, 5) is 0. The number of hydrogen-bond acceptors (Lipinski definition) is 2. The Morgan fingerprint density at radius 2 is 2.15 bits per heavy atom. The van der Waals surface area contributed by atoms with Gasteiger partial charge in [0.25, 0.3) is 0 Å². The smallest absolute Gasteiger partial charge is 0.122 e. The maximum absolute atomic E-state index is 5.64. The van der Waals surface area contributed by atoms with Crippen molar-refractivity contribution in [2.45, 2.75) is 45.1 Å². The van der Waals surface area contributed by atoms with E-state index >= 15 is 0 Å². The van der Waals surface area contributed by atoms with Crippen LogP contribution in [0.1, 0.15) is 49.8 Å². The molecule has 2 heteroatoms. The second kappa shape index (κ2) is 5.07. The van der Waals surface area contributed by atoms with Crippen molar-refractivity contribution in [3.63, 3.8) is 0 Å². The quantitative estimate of drug-likeness (QED) is 0.881. The molecule has 0 saturated heterocycles. The molecule has 2 fully saturated rings. The van der Waals surface area contributed by atoms with Gasteiger partial charge in [-0.3, -0.25) is 0 Å². The molecule has 1 heterocycles. The van der Waals surface area contributed by atoms with Crippen molar-refractivity contribution in [2.75, 3.05) is 13.2 Å². The van der Waals surface area contributed by atoms with Gasteiger partial charge >= 0.3 is 0 Å². The monoisotopic (exact) mass is 271 g/mol. The lowest BCUT2D eigenvalue weighted by Gasteiger charge is -2.21. The van der Waals surface area contributed by atoms with Crippen LogP contribution in [0.3, 0.4) is 0 Å². The number of nitrogens with one attached hydrogen (secondary N) is 1. The lowest BCUT2D eigenvalue weighted by Crippen LogP contribution is -2.25. The van der Waals surface area contributed by atoms with Crippen LogP contribution < -0.4 is 10.1 Å². The highest BCUT2D eigenvalue weighted by Crippen LogP contribution is 2.62. The summed E-state index contributed by atoms with van der Waals surface area (Å²) in [6, 6.07) is 7.47. The summed E-state index contributed by atoms with van der Waals surface area (Å²) in [5, 5.41) is 3.83. The minimum absolute atomic E-state index is 0.580. The maximum Gasteiger partial charge on any atom is 0.122 e. The first-order valence-corrected chi connectivity index (χ1v) is 8.37. The van der Waals surface area contributed by atoms with E-state index in [9.17, 15) is 0 Å². The van der Waals surface area contributed by atoms with Crippen LogP contribution in [0.5, 0.6) is 5.75 Å². The first kappa shape index (κ1) is 12.7. The summed E-state index contributed by atoms with van der Waals surface area (Å²) in [5.41, 5.74) is 2.92. The van der Waals surface area contributed by atoms with E-state index in [0.717, 1.165) is 43.1 Å².